The van der Waals surface area contributed by atoms with Crippen molar-refractivity contribution in [3.8, 4) is 5.75 Å². The first-order valence-corrected chi connectivity index (χ1v) is 11.4. The van der Waals surface area contributed by atoms with Crippen LogP contribution in [-0.4, -0.2) is 35.4 Å². The van der Waals surface area contributed by atoms with E-state index in [2.05, 4.69) is 5.32 Å². The van der Waals surface area contributed by atoms with Crippen LogP contribution in [0.5, 0.6) is 5.75 Å². The third kappa shape index (κ3) is 6.73. The minimum atomic E-state index is -0.544. The maximum atomic E-state index is 13.2. The second kappa shape index (κ2) is 11.2. The molecule has 1 aliphatic carbocycles. The topological polar surface area (TPSA) is 58.6 Å². The molecule has 3 rings (SSSR count). The van der Waals surface area contributed by atoms with Crippen LogP contribution in [0, 0.1) is 6.92 Å². The summed E-state index contributed by atoms with van der Waals surface area (Å²) in [6.45, 7) is 4.16. The summed E-state index contributed by atoms with van der Waals surface area (Å²) in [6, 6.07) is 14.6. The lowest BCUT2D eigenvalue weighted by molar-refractivity contribution is -0.143. The number of ether oxygens (including phenoxy) is 1. The van der Waals surface area contributed by atoms with Crippen molar-refractivity contribution in [3.63, 3.8) is 0 Å². The molecular formula is C25H31ClN2O3. The molecule has 1 aliphatic rings. The lowest BCUT2D eigenvalue weighted by Crippen LogP contribution is -2.52. The Morgan fingerprint density at radius 3 is 2.52 bits per heavy atom. The molecule has 2 amide bonds. The molecule has 1 atom stereocenters. The molecular weight excluding hydrogens is 412 g/mol. The van der Waals surface area contributed by atoms with Gasteiger partial charge in [-0.1, -0.05) is 67.3 Å². The highest BCUT2D eigenvalue weighted by molar-refractivity contribution is 6.30. The lowest BCUT2D eigenvalue weighted by Gasteiger charge is -2.31. The summed E-state index contributed by atoms with van der Waals surface area (Å²) in [5.74, 6) is 0.214. The van der Waals surface area contributed by atoms with Gasteiger partial charge in [0, 0.05) is 17.6 Å². The van der Waals surface area contributed by atoms with Crippen molar-refractivity contribution in [2.75, 3.05) is 6.61 Å². The molecule has 2 aromatic carbocycles. The number of carbonyl (C=O) groups is 2. The Labute approximate surface area is 189 Å². The molecule has 1 fully saturated rings. The molecule has 0 bridgehead atoms. The minimum absolute atomic E-state index is 0.0855. The molecule has 2 aromatic rings. The number of carbonyl (C=O) groups excluding carboxylic acids is 2. The van der Waals surface area contributed by atoms with Gasteiger partial charge in [0.25, 0.3) is 5.91 Å². The minimum Gasteiger partial charge on any atom is -0.484 e. The average molecular weight is 443 g/mol. The Bertz CT molecular complexity index is 879. The molecule has 0 aliphatic heterocycles. The highest BCUT2D eigenvalue weighted by Crippen LogP contribution is 2.20. The highest BCUT2D eigenvalue weighted by atomic mass is 35.5. The van der Waals surface area contributed by atoms with Crippen LogP contribution in [0.1, 0.15) is 50.2 Å². The van der Waals surface area contributed by atoms with Crippen molar-refractivity contribution in [1.29, 1.82) is 0 Å². The van der Waals surface area contributed by atoms with Crippen molar-refractivity contribution >= 4 is 23.4 Å². The zero-order valence-corrected chi connectivity index (χ0v) is 19.0. The molecule has 1 saturated carbocycles. The van der Waals surface area contributed by atoms with Crippen LogP contribution in [0.15, 0.2) is 48.5 Å². The maximum Gasteiger partial charge on any atom is 0.261 e. The number of halogens is 1. The first kappa shape index (κ1) is 23.1. The monoisotopic (exact) mass is 442 g/mol. The number of aryl methyl sites for hydroxylation is 1. The molecule has 0 radical (unpaired) electrons. The number of benzene rings is 2. The molecule has 166 valence electrons. The molecule has 5 nitrogen and oxygen atoms in total. The van der Waals surface area contributed by atoms with Gasteiger partial charge in [0.1, 0.15) is 11.8 Å². The SMILES string of the molecule is CC[C@@H](C(=O)NC1CCCC1)N(Cc1ccc(C)cc1)C(=O)COc1cccc(Cl)c1. The fourth-order valence-electron chi connectivity index (χ4n) is 3.96. The Morgan fingerprint density at radius 1 is 1.16 bits per heavy atom. The van der Waals surface area contributed by atoms with Crippen molar-refractivity contribution in [2.45, 2.75) is 64.6 Å². The molecule has 0 unspecified atom stereocenters. The van der Waals surface area contributed by atoms with Crippen LogP contribution in [-0.2, 0) is 16.1 Å². The van der Waals surface area contributed by atoms with Gasteiger partial charge in [0.15, 0.2) is 6.61 Å². The first-order valence-electron chi connectivity index (χ1n) is 11.0. The van der Waals surface area contributed by atoms with Crippen LogP contribution in [0.4, 0.5) is 0 Å². The van der Waals surface area contributed by atoms with Gasteiger partial charge in [0.05, 0.1) is 0 Å². The van der Waals surface area contributed by atoms with Gasteiger partial charge in [-0.15, -0.1) is 0 Å². The first-order chi connectivity index (χ1) is 15.0. The van der Waals surface area contributed by atoms with Gasteiger partial charge < -0.3 is 15.0 Å². The molecule has 0 spiro atoms. The van der Waals surface area contributed by atoms with E-state index in [1.807, 2.05) is 38.1 Å². The van der Waals surface area contributed by atoms with E-state index in [1.165, 1.54) is 0 Å². The van der Waals surface area contributed by atoms with E-state index in [-0.39, 0.29) is 24.5 Å². The van der Waals surface area contributed by atoms with Crippen LogP contribution in [0.25, 0.3) is 0 Å². The van der Waals surface area contributed by atoms with E-state index < -0.39 is 6.04 Å². The summed E-state index contributed by atoms with van der Waals surface area (Å²) in [5, 5.41) is 3.70. The normalized spacial score (nSPS) is 14.8. The number of amides is 2. The van der Waals surface area contributed by atoms with E-state index in [9.17, 15) is 9.59 Å². The summed E-state index contributed by atoms with van der Waals surface area (Å²) >= 11 is 6.01. The van der Waals surface area contributed by atoms with Crippen LogP contribution < -0.4 is 10.1 Å². The molecule has 31 heavy (non-hydrogen) atoms. The van der Waals surface area contributed by atoms with Crippen molar-refractivity contribution in [2.24, 2.45) is 0 Å². The summed E-state index contributed by atoms with van der Waals surface area (Å²) in [7, 11) is 0. The lowest BCUT2D eigenvalue weighted by atomic mass is 10.1. The second-order valence-corrected chi connectivity index (χ2v) is 8.60. The third-order valence-corrected chi connectivity index (χ3v) is 5.95. The summed E-state index contributed by atoms with van der Waals surface area (Å²) in [5.41, 5.74) is 2.13. The highest BCUT2D eigenvalue weighted by Gasteiger charge is 2.30. The standard InChI is InChI=1S/C25H31ClN2O3/c1-3-23(25(30)27-21-8-4-5-9-21)28(16-19-13-11-18(2)12-14-19)24(29)17-31-22-10-6-7-20(26)15-22/h6-7,10-15,21,23H,3-5,8-9,16-17H2,1-2H3,(H,27,30)/t23-/m0/s1. The summed E-state index contributed by atoms with van der Waals surface area (Å²) < 4.78 is 5.69. The van der Waals surface area contributed by atoms with Gasteiger partial charge in [-0.05, 0) is 49.9 Å². The van der Waals surface area contributed by atoms with Gasteiger partial charge in [-0.3, -0.25) is 9.59 Å². The van der Waals surface area contributed by atoms with Crippen LogP contribution in [0.3, 0.4) is 0 Å². The van der Waals surface area contributed by atoms with E-state index in [0.29, 0.717) is 23.7 Å². The maximum absolute atomic E-state index is 13.2. The van der Waals surface area contributed by atoms with Gasteiger partial charge in [-0.25, -0.2) is 0 Å². The van der Waals surface area contributed by atoms with Crippen LogP contribution in [0.2, 0.25) is 5.02 Å². The predicted octanol–water partition coefficient (Wildman–Crippen LogP) is 4.89. The fraction of sp³-hybridized carbons (Fsp3) is 0.440. The number of nitrogens with one attached hydrogen (secondary N) is 1. The van der Waals surface area contributed by atoms with Gasteiger partial charge in [0.2, 0.25) is 5.91 Å². The summed E-state index contributed by atoms with van der Waals surface area (Å²) in [4.78, 5) is 27.9. The number of rotatable bonds is 9. The Hall–Kier alpha value is -2.53. The second-order valence-electron chi connectivity index (χ2n) is 8.17. The molecule has 0 aromatic heterocycles. The van der Waals surface area contributed by atoms with Gasteiger partial charge in [-0.2, -0.15) is 0 Å². The quantitative estimate of drug-likeness (QED) is 0.601. The van der Waals surface area contributed by atoms with E-state index in [4.69, 9.17) is 16.3 Å². The largest absolute Gasteiger partial charge is 0.484 e. The van der Waals surface area contributed by atoms with Crippen molar-refractivity contribution in [1.82, 2.24) is 10.2 Å². The fourth-order valence-corrected chi connectivity index (χ4v) is 4.14. The number of hydrogen-bond acceptors (Lipinski definition) is 3. The van der Waals surface area contributed by atoms with Crippen molar-refractivity contribution < 1.29 is 14.3 Å². The van der Waals surface area contributed by atoms with E-state index >= 15 is 0 Å². The molecule has 6 heteroatoms. The van der Waals surface area contributed by atoms with E-state index in [1.54, 1.807) is 29.2 Å². The smallest absolute Gasteiger partial charge is 0.261 e. The Kier molecular flexibility index (Phi) is 8.35. The zero-order valence-electron chi connectivity index (χ0n) is 18.3. The molecule has 0 saturated heterocycles. The molecule has 1 N–H and O–H groups in total. The Morgan fingerprint density at radius 2 is 1.87 bits per heavy atom. The van der Waals surface area contributed by atoms with Gasteiger partial charge >= 0.3 is 0 Å². The molecule has 0 heterocycles. The Balaban J connectivity index is 1.75. The predicted molar refractivity (Wildman–Crippen MR) is 123 cm³/mol. The van der Waals surface area contributed by atoms with E-state index in [0.717, 1.165) is 36.8 Å². The number of nitrogens with zero attached hydrogens (tertiary/aromatic N) is 1. The zero-order chi connectivity index (χ0) is 22.2. The average Bonchev–Trinajstić information content (AvgIpc) is 3.26. The third-order valence-electron chi connectivity index (χ3n) is 5.72. The summed E-state index contributed by atoms with van der Waals surface area (Å²) in [6.07, 6.45) is 4.83. The van der Waals surface area contributed by atoms with Crippen LogP contribution >= 0.6 is 11.6 Å². The van der Waals surface area contributed by atoms with Crippen molar-refractivity contribution in [3.05, 3.63) is 64.7 Å². The number of hydrogen-bond donors (Lipinski definition) is 1.